The molecule has 11 aromatic rings. The molecule has 11 rings (SSSR count). The van der Waals surface area contributed by atoms with Crippen LogP contribution in [0.25, 0.3) is 110 Å². The van der Waals surface area contributed by atoms with Gasteiger partial charge in [0.05, 0.1) is 0 Å². The minimum atomic E-state index is 0.907. The molecule has 0 bridgehead atoms. The highest BCUT2D eigenvalue weighted by atomic mass is 16.3. The Labute approximate surface area is 319 Å². The summed E-state index contributed by atoms with van der Waals surface area (Å²) < 4.78 is 6.60. The molecule has 0 aliphatic heterocycles. The molecule has 0 spiro atoms. The molecule has 1 heteroatoms. The highest BCUT2D eigenvalue weighted by Crippen LogP contribution is 2.50. The molecule has 0 amide bonds. The van der Waals surface area contributed by atoms with Crippen LogP contribution in [-0.2, 0) is 0 Å². The van der Waals surface area contributed by atoms with E-state index in [1.54, 1.807) is 0 Å². The smallest absolute Gasteiger partial charge is 0.143 e. The second-order valence-electron chi connectivity index (χ2n) is 14.3. The Morgan fingerprint density at radius 3 is 1.36 bits per heavy atom. The Morgan fingerprint density at radius 2 is 0.727 bits per heavy atom. The molecule has 1 heterocycles. The van der Waals surface area contributed by atoms with E-state index in [0.29, 0.717) is 0 Å². The van der Waals surface area contributed by atoms with Crippen LogP contribution in [-0.4, -0.2) is 0 Å². The molecule has 10 aromatic carbocycles. The summed E-state index contributed by atoms with van der Waals surface area (Å²) in [6.45, 7) is 0. The molecule has 0 N–H and O–H groups in total. The molecule has 1 aromatic heterocycles. The van der Waals surface area contributed by atoms with Crippen LogP contribution in [0.5, 0.6) is 0 Å². The van der Waals surface area contributed by atoms with Crippen LogP contribution in [0.15, 0.2) is 211 Å². The predicted octanol–water partition coefficient (Wildman–Crippen LogP) is 15.4. The van der Waals surface area contributed by atoms with Gasteiger partial charge in [0, 0.05) is 16.3 Å². The van der Waals surface area contributed by atoms with Crippen molar-refractivity contribution in [2.24, 2.45) is 0 Å². The molecule has 0 saturated carbocycles. The van der Waals surface area contributed by atoms with Crippen molar-refractivity contribution in [1.82, 2.24) is 0 Å². The van der Waals surface area contributed by atoms with E-state index in [4.69, 9.17) is 4.42 Å². The molecular formula is C54H34O. The van der Waals surface area contributed by atoms with Gasteiger partial charge in [0.15, 0.2) is 0 Å². The molecule has 0 saturated heterocycles. The first-order valence-corrected chi connectivity index (χ1v) is 18.9. The third kappa shape index (κ3) is 5.01. The number of rotatable bonds is 5. The van der Waals surface area contributed by atoms with E-state index in [2.05, 4.69) is 200 Å². The van der Waals surface area contributed by atoms with E-state index in [1.165, 1.54) is 76.8 Å². The lowest BCUT2D eigenvalue weighted by Crippen LogP contribution is -1.96. The first kappa shape index (κ1) is 31.3. The maximum absolute atomic E-state index is 6.60. The van der Waals surface area contributed by atoms with Crippen LogP contribution < -0.4 is 0 Å². The largest absolute Gasteiger partial charge is 0.455 e. The topological polar surface area (TPSA) is 13.1 Å². The summed E-state index contributed by atoms with van der Waals surface area (Å²) in [4.78, 5) is 0. The normalized spacial score (nSPS) is 11.6. The standard InChI is InChI=1S/C54H34O/c1-3-17-35(18-4-1)40-28-15-29-41(36-19-5-2-6-20-36)52(40)53-46-26-11-9-24-44(46)51(45-25-10-12-27-47(45)53)49-34-38(33-37-21-7-8-22-39(37)49)42-30-16-31-48-43-23-13-14-32-50(43)55-54(42)48/h1-34H. The van der Waals surface area contributed by atoms with E-state index in [-0.39, 0.29) is 0 Å². The zero-order chi connectivity index (χ0) is 36.3. The van der Waals surface area contributed by atoms with Gasteiger partial charge in [0.25, 0.3) is 0 Å². The van der Waals surface area contributed by atoms with Crippen molar-refractivity contribution in [3.8, 4) is 55.6 Å². The third-order valence-electron chi connectivity index (χ3n) is 11.3. The summed E-state index contributed by atoms with van der Waals surface area (Å²) in [6, 6.07) is 74.8. The summed E-state index contributed by atoms with van der Waals surface area (Å²) in [5.74, 6) is 0. The zero-order valence-corrected chi connectivity index (χ0v) is 30.0. The number of benzene rings is 10. The lowest BCUT2D eigenvalue weighted by atomic mass is 9.80. The van der Waals surface area contributed by atoms with E-state index in [1.807, 2.05) is 6.07 Å². The zero-order valence-electron chi connectivity index (χ0n) is 30.0. The highest BCUT2D eigenvalue weighted by Gasteiger charge is 2.23. The second kappa shape index (κ2) is 12.7. The lowest BCUT2D eigenvalue weighted by molar-refractivity contribution is 0.670. The summed E-state index contributed by atoms with van der Waals surface area (Å²) in [6.07, 6.45) is 0. The Morgan fingerprint density at radius 1 is 0.255 bits per heavy atom. The molecular weight excluding hydrogens is 665 g/mol. The SMILES string of the molecule is c1ccc(-c2cccc(-c3ccccc3)c2-c2c3ccccc3c(-c3cc(-c4cccc5c4oc4ccccc45)cc4ccccc34)c3ccccc23)cc1. The fourth-order valence-corrected chi connectivity index (χ4v) is 8.87. The Hall–Kier alpha value is -7.22. The van der Waals surface area contributed by atoms with Crippen molar-refractivity contribution in [3.05, 3.63) is 206 Å². The number of furan rings is 1. The second-order valence-corrected chi connectivity index (χ2v) is 14.3. The summed E-state index contributed by atoms with van der Waals surface area (Å²) in [5, 5.41) is 9.59. The Balaban J connectivity index is 1.26. The van der Waals surface area contributed by atoms with Gasteiger partial charge in [-0.1, -0.05) is 188 Å². The molecule has 0 radical (unpaired) electrons. The first-order valence-electron chi connectivity index (χ1n) is 18.9. The van der Waals surface area contributed by atoms with Crippen molar-refractivity contribution < 1.29 is 4.42 Å². The van der Waals surface area contributed by atoms with Gasteiger partial charge in [0.2, 0.25) is 0 Å². The quantitative estimate of drug-likeness (QED) is 0.163. The lowest BCUT2D eigenvalue weighted by Gasteiger charge is -2.23. The minimum Gasteiger partial charge on any atom is -0.455 e. The molecule has 0 unspecified atom stereocenters. The van der Waals surface area contributed by atoms with Crippen LogP contribution in [0.2, 0.25) is 0 Å². The fraction of sp³-hybridized carbons (Fsp3) is 0. The van der Waals surface area contributed by atoms with Gasteiger partial charge in [-0.3, -0.25) is 0 Å². The van der Waals surface area contributed by atoms with Crippen LogP contribution in [0.3, 0.4) is 0 Å². The molecule has 0 atom stereocenters. The van der Waals surface area contributed by atoms with Crippen molar-refractivity contribution in [2.75, 3.05) is 0 Å². The van der Waals surface area contributed by atoms with Gasteiger partial charge < -0.3 is 4.42 Å². The summed E-state index contributed by atoms with van der Waals surface area (Å²) in [5.41, 5.74) is 13.8. The monoisotopic (exact) mass is 698 g/mol. The van der Waals surface area contributed by atoms with E-state index in [9.17, 15) is 0 Å². The van der Waals surface area contributed by atoms with Gasteiger partial charge in [0.1, 0.15) is 11.2 Å². The van der Waals surface area contributed by atoms with Crippen LogP contribution in [0.1, 0.15) is 0 Å². The maximum atomic E-state index is 6.60. The van der Waals surface area contributed by atoms with Gasteiger partial charge in [-0.2, -0.15) is 0 Å². The van der Waals surface area contributed by atoms with Crippen LogP contribution in [0, 0.1) is 0 Å². The van der Waals surface area contributed by atoms with E-state index >= 15 is 0 Å². The van der Waals surface area contributed by atoms with Gasteiger partial charge >= 0.3 is 0 Å². The third-order valence-corrected chi connectivity index (χ3v) is 11.3. The molecule has 0 aliphatic rings. The van der Waals surface area contributed by atoms with E-state index < -0.39 is 0 Å². The first-order chi connectivity index (χ1) is 27.3. The number of fused-ring (bicyclic) bond motifs is 6. The van der Waals surface area contributed by atoms with E-state index in [0.717, 1.165) is 33.1 Å². The van der Waals surface area contributed by atoms with Crippen molar-refractivity contribution in [1.29, 1.82) is 0 Å². The molecule has 55 heavy (non-hydrogen) atoms. The van der Waals surface area contributed by atoms with Gasteiger partial charge in [-0.25, -0.2) is 0 Å². The highest BCUT2D eigenvalue weighted by molar-refractivity contribution is 6.26. The number of hydrogen-bond donors (Lipinski definition) is 0. The average molecular weight is 699 g/mol. The van der Waals surface area contributed by atoms with Crippen LogP contribution >= 0.6 is 0 Å². The Kier molecular flexibility index (Phi) is 7.25. The number of para-hydroxylation sites is 2. The maximum Gasteiger partial charge on any atom is 0.143 e. The van der Waals surface area contributed by atoms with Crippen molar-refractivity contribution in [3.63, 3.8) is 0 Å². The van der Waals surface area contributed by atoms with Crippen molar-refractivity contribution >= 4 is 54.3 Å². The fourth-order valence-electron chi connectivity index (χ4n) is 8.87. The molecule has 256 valence electrons. The molecule has 0 fully saturated rings. The molecule has 1 nitrogen and oxygen atoms in total. The predicted molar refractivity (Wildman–Crippen MR) is 233 cm³/mol. The summed E-state index contributed by atoms with van der Waals surface area (Å²) >= 11 is 0. The van der Waals surface area contributed by atoms with Crippen molar-refractivity contribution in [2.45, 2.75) is 0 Å². The number of hydrogen-bond acceptors (Lipinski definition) is 1. The molecule has 0 aliphatic carbocycles. The summed E-state index contributed by atoms with van der Waals surface area (Å²) in [7, 11) is 0. The van der Waals surface area contributed by atoms with Gasteiger partial charge in [-0.05, 0) is 101 Å². The average Bonchev–Trinajstić information content (AvgIpc) is 3.65. The van der Waals surface area contributed by atoms with Crippen LogP contribution in [0.4, 0.5) is 0 Å². The Bertz CT molecular complexity index is 3130. The minimum absolute atomic E-state index is 0.907. The van der Waals surface area contributed by atoms with Gasteiger partial charge in [-0.15, -0.1) is 0 Å².